The first-order valence-corrected chi connectivity index (χ1v) is 5.37. The average Bonchev–Trinajstić information content (AvgIpc) is 2.37. The van der Waals surface area contributed by atoms with Crippen LogP contribution in [0.25, 0.3) is 0 Å². The van der Waals surface area contributed by atoms with Gasteiger partial charge in [-0.25, -0.2) is 0 Å². The molecular weight excluding hydrogens is 210 g/mol. The molecule has 0 aliphatic heterocycles. The van der Waals surface area contributed by atoms with Crippen molar-refractivity contribution in [1.82, 2.24) is 0 Å². The Morgan fingerprint density at radius 1 is 1.12 bits per heavy atom. The molecule has 0 aromatic heterocycles. The highest BCUT2D eigenvalue weighted by Gasteiger charge is 2.00. The fourth-order valence-electron chi connectivity index (χ4n) is 1.64. The van der Waals surface area contributed by atoms with E-state index in [4.69, 9.17) is 11.0 Å². The minimum Gasteiger partial charge on any atom is -0.399 e. The second-order valence-corrected chi connectivity index (χ2v) is 3.76. The van der Waals surface area contributed by atoms with Crippen molar-refractivity contribution in [2.45, 2.75) is 6.54 Å². The fourth-order valence-corrected chi connectivity index (χ4v) is 1.64. The molecule has 0 bridgehead atoms. The molecule has 0 fully saturated rings. The minimum absolute atomic E-state index is 0.649. The monoisotopic (exact) mass is 223 g/mol. The van der Waals surface area contributed by atoms with Crippen molar-refractivity contribution in [3.8, 4) is 6.07 Å². The number of nitrogens with one attached hydrogen (secondary N) is 1. The molecule has 0 radical (unpaired) electrons. The molecule has 2 aromatic rings. The number of hydrogen-bond acceptors (Lipinski definition) is 3. The zero-order valence-corrected chi connectivity index (χ0v) is 9.35. The maximum Gasteiger partial charge on any atom is 0.101 e. The van der Waals surface area contributed by atoms with Crippen molar-refractivity contribution >= 4 is 11.4 Å². The molecule has 3 nitrogen and oxygen atoms in total. The zero-order valence-electron chi connectivity index (χ0n) is 9.35. The summed E-state index contributed by atoms with van der Waals surface area (Å²) in [6.07, 6.45) is 0. The second kappa shape index (κ2) is 5.04. The van der Waals surface area contributed by atoms with Crippen molar-refractivity contribution in [3.05, 3.63) is 59.7 Å². The lowest BCUT2D eigenvalue weighted by Crippen LogP contribution is -2.01. The summed E-state index contributed by atoms with van der Waals surface area (Å²) in [6.45, 7) is 0.656. The van der Waals surface area contributed by atoms with Gasteiger partial charge in [0.25, 0.3) is 0 Å². The molecule has 0 spiro atoms. The third-order valence-electron chi connectivity index (χ3n) is 2.48. The van der Waals surface area contributed by atoms with E-state index in [9.17, 15) is 0 Å². The van der Waals surface area contributed by atoms with E-state index in [0.717, 1.165) is 16.9 Å². The van der Waals surface area contributed by atoms with Gasteiger partial charge >= 0.3 is 0 Å². The molecule has 3 heteroatoms. The summed E-state index contributed by atoms with van der Waals surface area (Å²) >= 11 is 0. The fraction of sp³-hybridized carbons (Fsp3) is 0.0714. The largest absolute Gasteiger partial charge is 0.399 e. The van der Waals surface area contributed by atoms with E-state index in [2.05, 4.69) is 11.4 Å². The van der Waals surface area contributed by atoms with E-state index in [-0.39, 0.29) is 0 Å². The number of nitriles is 1. The van der Waals surface area contributed by atoms with Crippen molar-refractivity contribution in [2.24, 2.45) is 0 Å². The van der Waals surface area contributed by atoms with Crippen LogP contribution >= 0.6 is 0 Å². The van der Waals surface area contributed by atoms with E-state index >= 15 is 0 Å². The van der Waals surface area contributed by atoms with Gasteiger partial charge in [0.15, 0.2) is 0 Å². The van der Waals surface area contributed by atoms with Gasteiger partial charge in [-0.05, 0) is 29.8 Å². The Morgan fingerprint density at radius 3 is 2.71 bits per heavy atom. The third kappa shape index (κ3) is 2.76. The van der Waals surface area contributed by atoms with E-state index in [1.165, 1.54) is 0 Å². The van der Waals surface area contributed by atoms with Gasteiger partial charge in [0.2, 0.25) is 0 Å². The van der Waals surface area contributed by atoms with Crippen LogP contribution < -0.4 is 11.1 Å². The molecule has 0 saturated carbocycles. The van der Waals surface area contributed by atoms with E-state index in [1.54, 1.807) is 6.07 Å². The molecule has 0 saturated heterocycles. The van der Waals surface area contributed by atoms with Crippen LogP contribution in [0.3, 0.4) is 0 Å². The molecule has 0 unspecified atom stereocenters. The summed E-state index contributed by atoms with van der Waals surface area (Å²) in [4.78, 5) is 0. The first-order valence-electron chi connectivity index (χ1n) is 5.37. The highest BCUT2D eigenvalue weighted by Crippen LogP contribution is 2.15. The predicted molar refractivity (Wildman–Crippen MR) is 69.3 cm³/mol. The first-order chi connectivity index (χ1) is 8.29. The maximum absolute atomic E-state index is 8.95. The summed E-state index contributed by atoms with van der Waals surface area (Å²) < 4.78 is 0. The van der Waals surface area contributed by atoms with Crippen LogP contribution in [0, 0.1) is 11.3 Å². The van der Waals surface area contributed by atoms with Crippen molar-refractivity contribution in [2.75, 3.05) is 11.1 Å². The number of rotatable bonds is 3. The molecule has 2 rings (SSSR count). The number of nitrogen functional groups attached to an aromatic ring is 1. The Hall–Kier alpha value is -2.47. The Kier molecular flexibility index (Phi) is 3.27. The van der Waals surface area contributed by atoms with E-state index in [0.29, 0.717) is 12.1 Å². The lowest BCUT2D eigenvalue weighted by Gasteiger charge is -2.08. The Labute approximate surface area is 101 Å². The van der Waals surface area contributed by atoms with E-state index < -0.39 is 0 Å². The van der Waals surface area contributed by atoms with Gasteiger partial charge in [0.1, 0.15) is 6.07 Å². The zero-order chi connectivity index (χ0) is 12.1. The van der Waals surface area contributed by atoms with Crippen LogP contribution in [0.4, 0.5) is 11.4 Å². The lowest BCUT2D eigenvalue weighted by molar-refractivity contribution is 1.15. The maximum atomic E-state index is 8.95. The number of hydrogen-bond donors (Lipinski definition) is 2. The van der Waals surface area contributed by atoms with Gasteiger partial charge in [-0.15, -0.1) is 0 Å². The third-order valence-corrected chi connectivity index (χ3v) is 2.48. The standard InChI is InChI=1S/C14H13N3/c15-9-12-5-1-2-7-14(12)17-10-11-4-3-6-13(16)8-11/h1-8,17H,10,16H2. The summed E-state index contributed by atoms with van der Waals surface area (Å²) in [6, 6.07) is 17.3. The van der Waals surface area contributed by atoms with Crippen LogP contribution in [0.5, 0.6) is 0 Å². The Bertz CT molecular complexity index is 555. The molecule has 84 valence electrons. The molecule has 0 aliphatic rings. The molecule has 0 atom stereocenters. The molecule has 3 N–H and O–H groups in total. The summed E-state index contributed by atoms with van der Waals surface area (Å²) in [5, 5.41) is 12.2. The summed E-state index contributed by atoms with van der Waals surface area (Å²) in [5.41, 5.74) is 9.04. The summed E-state index contributed by atoms with van der Waals surface area (Å²) in [7, 11) is 0. The van der Waals surface area contributed by atoms with E-state index in [1.807, 2.05) is 42.5 Å². The number of nitrogens with zero attached hydrogens (tertiary/aromatic N) is 1. The van der Waals surface area contributed by atoms with Gasteiger partial charge in [0.05, 0.1) is 11.3 Å². The molecule has 2 aromatic carbocycles. The van der Waals surface area contributed by atoms with Gasteiger partial charge in [-0.2, -0.15) is 5.26 Å². The van der Waals surface area contributed by atoms with Gasteiger partial charge in [-0.1, -0.05) is 24.3 Å². The Morgan fingerprint density at radius 2 is 1.94 bits per heavy atom. The van der Waals surface area contributed by atoms with Gasteiger partial charge in [0, 0.05) is 12.2 Å². The average molecular weight is 223 g/mol. The lowest BCUT2D eigenvalue weighted by atomic mass is 10.1. The SMILES string of the molecule is N#Cc1ccccc1NCc1cccc(N)c1. The highest BCUT2D eigenvalue weighted by molar-refractivity contribution is 5.57. The van der Waals surface area contributed by atoms with Crippen molar-refractivity contribution < 1.29 is 0 Å². The van der Waals surface area contributed by atoms with Crippen molar-refractivity contribution in [1.29, 1.82) is 5.26 Å². The molecule has 17 heavy (non-hydrogen) atoms. The molecule has 0 amide bonds. The minimum atomic E-state index is 0.649. The smallest absolute Gasteiger partial charge is 0.101 e. The highest BCUT2D eigenvalue weighted by atomic mass is 14.9. The number of nitrogens with two attached hydrogens (primary N) is 1. The molecular formula is C14H13N3. The van der Waals surface area contributed by atoms with Gasteiger partial charge < -0.3 is 11.1 Å². The number of benzene rings is 2. The van der Waals surface area contributed by atoms with Crippen LogP contribution in [0.2, 0.25) is 0 Å². The predicted octanol–water partition coefficient (Wildman–Crippen LogP) is 2.75. The van der Waals surface area contributed by atoms with Crippen LogP contribution in [0.1, 0.15) is 11.1 Å². The number of anilines is 2. The molecule has 0 aliphatic carbocycles. The Balaban J connectivity index is 2.10. The van der Waals surface area contributed by atoms with Crippen LogP contribution in [0.15, 0.2) is 48.5 Å². The summed E-state index contributed by atoms with van der Waals surface area (Å²) in [5.74, 6) is 0. The van der Waals surface area contributed by atoms with Crippen LogP contribution in [-0.2, 0) is 6.54 Å². The normalized spacial score (nSPS) is 9.59. The topological polar surface area (TPSA) is 61.8 Å². The van der Waals surface area contributed by atoms with Gasteiger partial charge in [-0.3, -0.25) is 0 Å². The second-order valence-electron chi connectivity index (χ2n) is 3.76. The quantitative estimate of drug-likeness (QED) is 0.786. The van der Waals surface area contributed by atoms with Crippen LogP contribution in [-0.4, -0.2) is 0 Å². The number of para-hydroxylation sites is 1. The molecule has 0 heterocycles. The van der Waals surface area contributed by atoms with Crippen molar-refractivity contribution in [3.63, 3.8) is 0 Å². The first kappa shape index (κ1) is 11.0.